The number of nitrogens with two attached hydrogens (primary N) is 1. The van der Waals surface area contributed by atoms with Gasteiger partial charge in [0.2, 0.25) is 6.33 Å². The van der Waals surface area contributed by atoms with Crippen LogP contribution >= 0.6 is 23.4 Å². The summed E-state index contributed by atoms with van der Waals surface area (Å²) in [6.07, 6.45) is 2.08. The van der Waals surface area contributed by atoms with E-state index in [0.717, 1.165) is 100 Å². The first kappa shape index (κ1) is 78.2. The number of hydrazone groups is 1. The van der Waals surface area contributed by atoms with Crippen LogP contribution in [-0.4, -0.2) is 51.9 Å². The number of para-hydroxylation sites is 8. The summed E-state index contributed by atoms with van der Waals surface area (Å²) in [4.78, 5) is 11.3. The van der Waals surface area contributed by atoms with Crippen LogP contribution in [0.2, 0.25) is 5.15 Å². The van der Waals surface area contributed by atoms with E-state index in [4.69, 9.17) is 58.6 Å². The van der Waals surface area contributed by atoms with Crippen molar-refractivity contribution < 1.29 is 51.1 Å². The molecule has 0 bridgehead atoms. The summed E-state index contributed by atoms with van der Waals surface area (Å²) < 4.78 is 20.9. The average molecular weight is 1670 g/mol. The number of rotatable bonds is 12. The van der Waals surface area contributed by atoms with Crippen molar-refractivity contribution in [2.75, 3.05) is 45.1 Å². The van der Waals surface area contributed by atoms with Gasteiger partial charge in [0.05, 0.1) is 32.9 Å². The average Bonchev–Trinajstić information content (AvgIpc) is 1.56. The first-order chi connectivity index (χ1) is 51.9. The van der Waals surface area contributed by atoms with E-state index in [1.807, 2.05) is 191 Å². The number of ether oxygens (including phenoxy) is 3. The fourth-order valence-electron chi connectivity index (χ4n) is 12.9. The molecule has 0 spiro atoms. The van der Waals surface area contributed by atoms with Gasteiger partial charge in [0, 0.05) is 89.9 Å². The number of hydrogen-bond acceptors (Lipinski definition) is 13. The van der Waals surface area contributed by atoms with Crippen LogP contribution in [0.1, 0.15) is 48.6 Å². The van der Waals surface area contributed by atoms with E-state index >= 15 is 0 Å². The molecule has 0 fully saturated rings. The molecule has 0 aliphatic carbocycles. The molecular formula is C89H81Cl3IrN12O3-2. The number of hydrazine groups is 2. The zero-order chi connectivity index (χ0) is 73.5. The Morgan fingerprint density at radius 2 is 0.972 bits per heavy atom. The van der Waals surface area contributed by atoms with Crippen LogP contribution < -0.4 is 47.9 Å². The molecule has 18 rings (SSSR count). The van der Waals surface area contributed by atoms with E-state index in [0.29, 0.717) is 25.0 Å². The van der Waals surface area contributed by atoms with Gasteiger partial charge in [-0.15, -0.1) is 12.2 Å². The molecule has 0 atom stereocenters. The minimum Gasteiger partial charge on any atom is -1.00 e. The first-order valence-electron chi connectivity index (χ1n) is 35.2. The molecule has 0 unspecified atom stereocenters. The SMILES string of the molecule is CCOC(OCC)OCC.Cc1ccccc1-n1c[n+]2c3ccccc3c3ccccc3c2n1.Cc1ccccc1N(Cl)Nc1nc2ccccc2c2ccccc12.Cc1ccccc1N1[CH-]N2C(=N1)c1ccccc1-c1ccc[c-]c12.Cc1ccccc1NN.Clc1nc2ccccc2c2ccccc12.[Cl-].[Ir]. The van der Waals surface area contributed by atoms with Crippen LogP contribution in [-0.2, 0) is 34.3 Å². The number of hydrogen-bond donors (Lipinski definition) is 3. The van der Waals surface area contributed by atoms with Crippen molar-refractivity contribution in [1.29, 1.82) is 0 Å². The number of amidine groups is 1. The van der Waals surface area contributed by atoms with Gasteiger partial charge in [-0.05, 0) is 135 Å². The Morgan fingerprint density at radius 3 is 1.57 bits per heavy atom. The molecular weight excluding hydrogens is 1580 g/mol. The van der Waals surface area contributed by atoms with Crippen molar-refractivity contribution >= 4 is 128 Å². The molecule has 0 saturated heterocycles. The predicted molar refractivity (Wildman–Crippen MR) is 438 cm³/mol. The minimum atomic E-state index is -0.472. The fourth-order valence-corrected chi connectivity index (χ4v) is 13.4. The summed E-state index contributed by atoms with van der Waals surface area (Å²) in [7, 11) is 0. The molecule has 108 heavy (non-hydrogen) atoms. The van der Waals surface area contributed by atoms with Gasteiger partial charge in [-0.2, -0.15) is 38.3 Å². The molecule has 16 aromatic rings. The zero-order valence-corrected chi connectivity index (χ0v) is 65.4. The molecule has 12 aromatic carbocycles. The van der Waals surface area contributed by atoms with Crippen molar-refractivity contribution in [1.82, 2.24) is 19.7 Å². The summed E-state index contributed by atoms with van der Waals surface area (Å²) in [6.45, 7) is 17.4. The molecule has 547 valence electrons. The van der Waals surface area contributed by atoms with Crippen LogP contribution in [0.3, 0.4) is 0 Å². The molecule has 4 N–H and O–H groups in total. The maximum Gasteiger partial charge on any atom is 0.314 e. The molecule has 19 heteroatoms. The van der Waals surface area contributed by atoms with Crippen LogP contribution in [0.4, 0.5) is 28.6 Å². The quantitative estimate of drug-likeness (QED) is 0.0156. The second kappa shape index (κ2) is 37.1. The maximum atomic E-state index is 6.48. The van der Waals surface area contributed by atoms with Gasteiger partial charge in [0.15, 0.2) is 5.82 Å². The van der Waals surface area contributed by atoms with Crippen LogP contribution in [0, 0.1) is 40.4 Å². The Labute approximate surface area is 659 Å². The number of nitrogens with zero attached hydrogens (tertiary/aromatic N) is 9. The third-order valence-electron chi connectivity index (χ3n) is 18.1. The second-order valence-electron chi connectivity index (χ2n) is 24.9. The van der Waals surface area contributed by atoms with Crippen molar-refractivity contribution in [3.8, 4) is 16.8 Å². The number of benzene rings is 12. The fraction of sp³-hybridized carbons (Fsp3) is 0.124. The van der Waals surface area contributed by atoms with E-state index in [-0.39, 0.29) is 32.5 Å². The Balaban J connectivity index is 0.000000133. The van der Waals surface area contributed by atoms with Gasteiger partial charge in [-0.25, -0.2) is 9.97 Å². The van der Waals surface area contributed by atoms with Crippen LogP contribution in [0.25, 0.3) is 87.5 Å². The molecule has 15 nitrogen and oxygen atoms in total. The van der Waals surface area contributed by atoms with E-state index in [1.54, 1.807) is 0 Å². The van der Waals surface area contributed by atoms with Gasteiger partial charge in [0.25, 0.3) is 6.48 Å². The number of nitrogens with one attached hydrogen (secondary N) is 2. The molecule has 2 aliphatic rings. The van der Waals surface area contributed by atoms with Crippen molar-refractivity contribution in [2.45, 2.75) is 54.9 Å². The maximum absolute atomic E-state index is 6.48. The summed E-state index contributed by atoms with van der Waals surface area (Å²) >= 11 is 12.6. The summed E-state index contributed by atoms with van der Waals surface area (Å²) in [5, 5.41) is 22.6. The third kappa shape index (κ3) is 17.4. The van der Waals surface area contributed by atoms with Crippen molar-refractivity contribution in [2.24, 2.45) is 10.9 Å². The monoisotopic (exact) mass is 1660 g/mol. The molecule has 1 radical (unpaired) electrons. The van der Waals surface area contributed by atoms with E-state index in [1.165, 1.54) is 54.0 Å². The van der Waals surface area contributed by atoms with Gasteiger partial charge in [0.1, 0.15) is 22.2 Å². The first-order valence-corrected chi connectivity index (χ1v) is 36.0. The third-order valence-corrected chi connectivity index (χ3v) is 18.7. The van der Waals surface area contributed by atoms with Crippen molar-refractivity contribution in [3.63, 3.8) is 0 Å². The molecule has 0 amide bonds. The second-order valence-corrected chi connectivity index (χ2v) is 25.6. The molecule has 6 heterocycles. The summed E-state index contributed by atoms with van der Waals surface area (Å²) in [5.74, 6) is 6.89. The van der Waals surface area contributed by atoms with Gasteiger partial charge < -0.3 is 42.0 Å². The topological polar surface area (TPSA) is 148 Å². The molecule has 2 aliphatic heterocycles. The smallest absolute Gasteiger partial charge is 0.314 e. The van der Waals surface area contributed by atoms with Gasteiger partial charge >= 0.3 is 5.65 Å². The Morgan fingerprint density at radius 1 is 0.500 bits per heavy atom. The van der Waals surface area contributed by atoms with Gasteiger partial charge in [-0.3, -0.25) is 11.3 Å². The van der Waals surface area contributed by atoms with Crippen LogP contribution in [0.5, 0.6) is 0 Å². The number of nitrogen functional groups attached to an aromatic ring is 1. The predicted octanol–water partition coefficient (Wildman–Crippen LogP) is 18.2. The number of aromatic nitrogens is 5. The molecule has 4 aromatic heterocycles. The normalized spacial score (nSPS) is 11.6. The van der Waals surface area contributed by atoms with Crippen LogP contribution in [0.15, 0.2) is 297 Å². The van der Waals surface area contributed by atoms with E-state index < -0.39 is 6.48 Å². The zero-order valence-electron chi connectivity index (χ0n) is 60.8. The van der Waals surface area contributed by atoms with Gasteiger partial charge in [-0.1, -0.05) is 246 Å². The number of anilines is 5. The Kier molecular flexibility index (Phi) is 26.9. The standard InChI is InChI=1S/C21H16N3.C21H15N3.C20H16ClN3.C13H8ClN.C7H10N2.C7H16O3.ClH.Ir/c2*1-15-8-2-6-12-19(15)24-14-23-20-13-7-5-10-17(20)16-9-3-4-11-18(16)21(23)22-24;1-14-8-2-7-13-19(14)24(21)23-20-17-11-4-3-9-15(17)16-10-5-6-12-18(16)22-20;14-13-11-7-2-1-5-9(11)10-6-3-4-8-12(10)15-13;1-6-4-2-3-5-7(6)9-8;1-4-8-7(9-5-2)10-6-3;;/h2-14H,1H3;2-12,14H,1H3;2-13H,1H3,(H,22,23);1-8H;2-5,9H,8H2,1H3;7H,4-6H2,1-3H3;1H;/q+1;-2;;;;;;/p-1. The van der Waals surface area contributed by atoms with E-state index in [9.17, 15) is 0 Å². The number of pyridine rings is 3. The van der Waals surface area contributed by atoms with E-state index in [2.05, 4.69) is 197 Å². The summed E-state index contributed by atoms with van der Waals surface area (Å²) in [6, 6.07) is 99.8. The largest absolute Gasteiger partial charge is 1.00 e. The minimum absolute atomic E-state index is 0. The number of fused-ring (bicyclic) bond motifs is 18. The molecule has 0 saturated carbocycles. The Hall–Kier alpha value is -10.9. The summed E-state index contributed by atoms with van der Waals surface area (Å²) in [5.41, 5.74) is 23.2. The number of aryl methyl sites for hydroxylation is 4. The number of halogens is 3. The van der Waals surface area contributed by atoms with Crippen molar-refractivity contribution in [3.05, 3.63) is 337 Å². The Bertz CT molecular complexity index is 5700.